The summed E-state index contributed by atoms with van der Waals surface area (Å²) in [7, 11) is 0. The molecule has 0 bridgehead atoms. The number of amides is 1. The van der Waals surface area contributed by atoms with Crippen molar-refractivity contribution in [2.24, 2.45) is 11.3 Å². The molecule has 1 heterocycles. The van der Waals surface area contributed by atoms with E-state index in [1.54, 1.807) is 6.07 Å². The van der Waals surface area contributed by atoms with E-state index in [-0.39, 0.29) is 23.4 Å². The number of rotatable bonds is 6. The lowest BCUT2D eigenvalue weighted by Crippen LogP contribution is -2.44. The van der Waals surface area contributed by atoms with Crippen molar-refractivity contribution >= 4 is 5.91 Å². The first-order valence-corrected chi connectivity index (χ1v) is 7.97. The summed E-state index contributed by atoms with van der Waals surface area (Å²) in [6, 6.07) is 2.22. The van der Waals surface area contributed by atoms with E-state index in [0.717, 1.165) is 12.8 Å². The van der Waals surface area contributed by atoms with Crippen molar-refractivity contribution in [2.45, 2.75) is 73.4 Å². The van der Waals surface area contributed by atoms with Gasteiger partial charge >= 0.3 is 0 Å². The maximum absolute atomic E-state index is 12.4. The van der Waals surface area contributed by atoms with E-state index >= 15 is 0 Å². The van der Waals surface area contributed by atoms with Crippen LogP contribution in [-0.4, -0.2) is 21.7 Å². The van der Waals surface area contributed by atoms with E-state index in [4.69, 9.17) is 0 Å². The van der Waals surface area contributed by atoms with Crippen LogP contribution in [-0.2, 0) is 0 Å². The first-order valence-electron chi connectivity index (χ1n) is 7.97. The van der Waals surface area contributed by atoms with Gasteiger partial charge in [0.15, 0.2) is 0 Å². The zero-order valence-corrected chi connectivity index (χ0v) is 14.6. The van der Waals surface area contributed by atoms with Crippen molar-refractivity contribution in [2.75, 3.05) is 0 Å². The molecule has 4 nitrogen and oxygen atoms in total. The summed E-state index contributed by atoms with van der Waals surface area (Å²) in [5.74, 6) is 0.574. The molecule has 4 heteroatoms. The highest BCUT2D eigenvalue weighted by atomic mass is 16.2. The van der Waals surface area contributed by atoms with Crippen molar-refractivity contribution in [1.82, 2.24) is 15.1 Å². The Kier molecular flexibility index (Phi) is 5.99. The maximum Gasteiger partial charge on any atom is 0.272 e. The van der Waals surface area contributed by atoms with Gasteiger partial charge in [-0.25, -0.2) is 0 Å². The SMILES string of the molecule is CC(C)CCC(NC(=O)c1ccn(C(C)C)n1)C(C)(C)C. The molecule has 0 aliphatic carbocycles. The summed E-state index contributed by atoms with van der Waals surface area (Å²) in [6.07, 6.45) is 3.97. The van der Waals surface area contributed by atoms with Crippen LogP contribution in [0.3, 0.4) is 0 Å². The number of carbonyl (C=O) groups excluding carboxylic acids is 1. The molecule has 1 rings (SSSR count). The highest BCUT2D eigenvalue weighted by Crippen LogP contribution is 2.24. The molecule has 1 N–H and O–H groups in total. The van der Waals surface area contributed by atoms with Crippen LogP contribution in [0.2, 0.25) is 0 Å². The van der Waals surface area contributed by atoms with Crippen molar-refractivity contribution < 1.29 is 4.79 Å². The monoisotopic (exact) mass is 293 g/mol. The van der Waals surface area contributed by atoms with E-state index in [2.05, 4.69) is 58.9 Å². The molecule has 21 heavy (non-hydrogen) atoms. The van der Waals surface area contributed by atoms with Gasteiger partial charge in [-0.1, -0.05) is 34.6 Å². The smallest absolute Gasteiger partial charge is 0.272 e. The minimum atomic E-state index is -0.0712. The number of nitrogens with one attached hydrogen (secondary N) is 1. The maximum atomic E-state index is 12.4. The van der Waals surface area contributed by atoms with Crippen LogP contribution in [0.25, 0.3) is 0 Å². The Balaban J connectivity index is 2.75. The lowest BCUT2D eigenvalue weighted by molar-refractivity contribution is 0.0888. The van der Waals surface area contributed by atoms with E-state index in [1.807, 2.05) is 10.9 Å². The van der Waals surface area contributed by atoms with Crippen LogP contribution in [0.15, 0.2) is 12.3 Å². The summed E-state index contributed by atoms with van der Waals surface area (Å²) in [5, 5.41) is 7.51. The van der Waals surface area contributed by atoms with Gasteiger partial charge in [0.05, 0.1) is 0 Å². The molecule has 0 saturated heterocycles. The summed E-state index contributed by atoms with van der Waals surface area (Å²) in [6.45, 7) is 15.0. The number of hydrogen-bond acceptors (Lipinski definition) is 2. The van der Waals surface area contributed by atoms with Gasteiger partial charge in [0.25, 0.3) is 5.91 Å². The quantitative estimate of drug-likeness (QED) is 0.860. The first-order chi connectivity index (χ1) is 9.61. The highest BCUT2D eigenvalue weighted by molar-refractivity contribution is 5.92. The molecule has 1 amide bonds. The van der Waals surface area contributed by atoms with E-state index < -0.39 is 0 Å². The second-order valence-electron chi connectivity index (χ2n) is 7.64. The molecule has 0 aliphatic rings. The number of nitrogens with zero attached hydrogens (tertiary/aromatic N) is 2. The summed E-state index contributed by atoms with van der Waals surface area (Å²) in [5.41, 5.74) is 0.549. The summed E-state index contributed by atoms with van der Waals surface area (Å²) < 4.78 is 1.81. The van der Waals surface area contributed by atoms with Crippen molar-refractivity contribution in [3.63, 3.8) is 0 Å². The first kappa shape index (κ1) is 17.7. The molecule has 0 saturated carbocycles. The Morgan fingerprint density at radius 2 is 1.86 bits per heavy atom. The van der Waals surface area contributed by atoms with Gasteiger partial charge in [-0.05, 0) is 44.1 Å². The number of aromatic nitrogens is 2. The minimum absolute atomic E-state index is 0.0468. The van der Waals surface area contributed by atoms with Gasteiger partial charge in [0, 0.05) is 18.3 Å². The average Bonchev–Trinajstić information content (AvgIpc) is 2.82. The second-order valence-corrected chi connectivity index (χ2v) is 7.64. The van der Waals surface area contributed by atoms with Gasteiger partial charge in [-0.3, -0.25) is 9.48 Å². The molecule has 1 aromatic heterocycles. The molecule has 1 atom stereocenters. The molecular weight excluding hydrogens is 262 g/mol. The normalized spacial score (nSPS) is 13.8. The van der Waals surface area contributed by atoms with Crippen LogP contribution >= 0.6 is 0 Å². The van der Waals surface area contributed by atoms with E-state index in [1.165, 1.54) is 0 Å². The molecule has 0 aromatic carbocycles. The van der Waals surface area contributed by atoms with Gasteiger partial charge in [-0.15, -0.1) is 0 Å². The lowest BCUT2D eigenvalue weighted by atomic mass is 9.82. The Morgan fingerprint density at radius 3 is 2.29 bits per heavy atom. The van der Waals surface area contributed by atoms with Crippen LogP contribution in [0, 0.1) is 11.3 Å². The largest absolute Gasteiger partial charge is 0.347 e. The highest BCUT2D eigenvalue weighted by Gasteiger charge is 2.27. The topological polar surface area (TPSA) is 46.9 Å². The molecule has 0 radical (unpaired) electrons. The second kappa shape index (κ2) is 7.10. The number of carbonyl (C=O) groups is 1. The summed E-state index contributed by atoms with van der Waals surface area (Å²) >= 11 is 0. The van der Waals surface area contributed by atoms with Crippen LogP contribution < -0.4 is 5.32 Å². The van der Waals surface area contributed by atoms with E-state index in [0.29, 0.717) is 11.6 Å². The van der Waals surface area contributed by atoms with Crippen molar-refractivity contribution in [3.05, 3.63) is 18.0 Å². The Labute approximate surface area is 129 Å². The van der Waals surface area contributed by atoms with Crippen LogP contribution in [0.1, 0.15) is 77.8 Å². The molecule has 120 valence electrons. The van der Waals surface area contributed by atoms with Crippen LogP contribution in [0.5, 0.6) is 0 Å². The third kappa shape index (κ3) is 5.52. The van der Waals surface area contributed by atoms with Crippen molar-refractivity contribution in [3.8, 4) is 0 Å². The fourth-order valence-electron chi connectivity index (χ4n) is 2.20. The summed E-state index contributed by atoms with van der Waals surface area (Å²) in [4.78, 5) is 12.4. The van der Waals surface area contributed by atoms with Crippen molar-refractivity contribution in [1.29, 1.82) is 0 Å². The zero-order chi connectivity index (χ0) is 16.2. The molecule has 1 unspecified atom stereocenters. The molecular formula is C17H31N3O. The zero-order valence-electron chi connectivity index (χ0n) is 14.6. The van der Waals surface area contributed by atoms with E-state index in [9.17, 15) is 4.79 Å². The third-order valence-electron chi connectivity index (χ3n) is 3.75. The Bertz CT molecular complexity index is 455. The molecule has 0 aliphatic heterocycles. The average molecular weight is 293 g/mol. The predicted molar refractivity (Wildman–Crippen MR) is 87.4 cm³/mol. The molecule has 0 fully saturated rings. The fraction of sp³-hybridized carbons (Fsp3) is 0.765. The molecule has 1 aromatic rings. The third-order valence-corrected chi connectivity index (χ3v) is 3.75. The lowest BCUT2D eigenvalue weighted by Gasteiger charge is -2.32. The van der Waals surface area contributed by atoms with Gasteiger partial charge in [-0.2, -0.15) is 5.10 Å². The number of hydrogen-bond donors (Lipinski definition) is 1. The fourth-order valence-corrected chi connectivity index (χ4v) is 2.20. The minimum Gasteiger partial charge on any atom is -0.347 e. The standard InChI is InChI=1S/C17H31N3O/c1-12(2)8-9-15(17(5,6)7)18-16(21)14-10-11-20(19-14)13(3)4/h10-13,15H,8-9H2,1-7H3,(H,18,21). The predicted octanol–water partition coefficient (Wildman–Crippen LogP) is 4.04. The van der Waals surface area contributed by atoms with Gasteiger partial charge in [0.1, 0.15) is 5.69 Å². The molecule has 0 spiro atoms. The Morgan fingerprint density at radius 1 is 1.24 bits per heavy atom. The van der Waals surface area contributed by atoms with Gasteiger partial charge in [0.2, 0.25) is 0 Å². The van der Waals surface area contributed by atoms with Crippen LogP contribution in [0.4, 0.5) is 0 Å². The Hall–Kier alpha value is -1.32. The van der Waals surface area contributed by atoms with Gasteiger partial charge < -0.3 is 5.32 Å².